The van der Waals surface area contributed by atoms with Gasteiger partial charge >= 0.3 is 0 Å². The Morgan fingerprint density at radius 3 is 2.65 bits per heavy atom. The van der Waals surface area contributed by atoms with Crippen molar-refractivity contribution in [1.29, 1.82) is 0 Å². The van der Waals surface area contributed by atoms with Crippen LogP contribution in [0.5, 0.6) is 0 Å². The molecule has 0 spiro atoms. The third-order valence-electron chi connectivity index (χ3n) is 2.35. The Morgan fingerprint density at radius 2 is 2.10 bits per heavy atom. The summed E-state index contributed by atoms with van der Waals surface area (Å²) in [6, 6.07) is 3.18. The highest BCUT2D eigenvalue weighted by molar-refractivity contribution is 8.15. The van der Waals surface area contributed by atoms with E-state index in [1.807, 2.05) is 0 Å². The molecule has 9 heteroatoms. The van der Waals surface area contributed by atoms with E-state index in [4.69, 9.17) is 10.7 Å². The van der Waals surface area contributed by atoms with Gasteiger partial charge in [-0.05, 0) is 26.0 Å². The molecule has 1 N–H and O–H groups in total. The predicted octanol–water partition coefficient (Wildman–Crippen LogP) is 2.33. The molecule has 0 saturated carbocycles. The van der Waals surface area contributed by atoms with Gasteiger partial charge in [0.1, 0.15) is 0 Å². The number of thiazole rings is 1. The first-order valence-corrected chi connectivity index (χ1v) is 8.56. The zero-order valence-electron chi connectivity index (χ0n) is 10.5. The van der Waals surface area contributed by atoms with E-state index in [1.54, 1.807) is 19.1 Å². The van der Waals surface area contributed by atoms with Gasteiger partial charge in [0, 0.05) is 28.1 Å². The van der Waals surface area contributed by atoms with Crippen LogP contribution in [0.1, 0.15) is 21.7 Å². The number of anilines is 1. The van der Waals surface area contributed by atoms with Crippen molar-refractivity contribution in [3.8, 4) is 0 Å². The normalized spacial score (nSPS) is 11.3. The number of hydrogen-bond donors (Lipinski definition) is 1. The molecule has 2 heterocycles. The Labute approximate surface area is 124 Å². The van der Waals surface area contributed by atoms with Crippen molar-refractivity contribution in [2.45, 2.75) is 18.1 Å². The Balaban J connectivity index is 2.25. The number of aromatic nitrogens is 2. The number of carbonyl (C=O) groups is 1. The molecule has 0 bridgehead atoms. The van der Waals surface area contributed by atoms with E-state index < -0.39 is 9.05 Å². The van der Waals surface area contributed by atoms with Gasteiger partial charge in [0.15, 0.2) is 9.34 Å². The molecule has 0 atom stereocenters. The van der Waals surface area contributed by atoms with Gasteiger partial charge in [0.25, 0.3) is 15.0 Å². The smallest absolute Gasteiger partial charge is 0.272 e. The van der Waals surface area contributed by atoms with Crippen LogP contribution < -0.4 is 5.32 Å². The number of amides is 1. The van der Waals surface area contributed by atoms with Crippen LogP contribution in [0.2, 0.25) is 0 Å². The van der Waals surface area contributed by atoms with E-state index in [0.29, 0.717) is 11.3 Å². The minimum Gasteiger partial charge on any atom is -0.298 e. The Morgan fingerprint density at radius 1 is 1.40 bits per heavy atom. The molecule has 2 aromatic rings. The van der Waals surface area contributed by atoms with Gasteiger partial charge in [-0.25, -0.2) is 13.4 Å². The highest BCUT2D eigenvalue weighted by atomic mass is 35.7. The van der Waals surface area contributed by atoms with Crippen LogP contribution in [0.25, 0.3) is 0 Å². The lowest BCUT2D eigenvalue weighted by molar-refractivity contribution is 0.102. The molecule has 0 unspecified atom stereocenters. The van der Waals surface area contributed by atoms with E-state index in [9.17, 15) is 13.2 Å². The van der Waals surface area contributed by atoms with Gasteiger partial charge in [-0.3, -0.25) is 15.1 Å². The second-order valence-electron chi connectivity index (χ2n) is 3.97. The van der Waals surface area contributed by atoms with Crippen molar-refractivity contribution in [1.82, 2.24) is 9.97 Å². The van der Waals surface area contributed by atoms with E-state index in [-0.39, 0.29) is 20.9 Å². The number of aryl methyl sites for hydroxylation is 2. The Hall–Kier alpha value is -1.51. The standard InChI is InChI=1S/C11H10ClN3O3S2/c1-6-5-8(3-4-13-6)9(16)15-11-14-7(2)10(19-11)20(12,17)18/h3-5H,1-2H3,(H,14,15,16). The Bertz CT molecular complexity index is 771. The van der Waals surface area contributed by atoms with Crippen molar-refractivity contribution in [3.63, 3.8) is 0 Å². The van der Waals surface area contributed by atoms with Gasteiger partial charge in [0.2, 0.25) is 0 Å². The molecule has 0 aliphatic heterocycles. The van der Waals surface area contributed by atoms with Crippen LogP contribution in [0.15, 0.2) is 22.5 Å². The quantitative estimate of drug-likeness (QED) is 0.872. The van der Waals surface area contributed by atoms with Gasteiger partial charge in [0.05, 0.1) is 5.69 Å². The Kier molecular flexibility index (Phi) is 4.07. The summed E-state index contributed by atoms with van der Waals surface area (Å²) in [5.74, 6) is -0.386. The van der Waals surface area contributed by atoms with Gasteiger partial charge in [-0.1, -0.05) is 11.3 Å². The summed E-state index contributed by atoms with van der Waals surface area (Å²) >= 11 is 0.815. The monoisotopic (exact) mass is 331 g/mol. The average Bonchev–Trinajstić information content (AvgIpc) is 2.70. The molecule has 6 nitrogen and oxygen atoms in total. The number of nitrogens with zero attached hydrogens (tertiary/aromatic N) is 2. The lowest BCUT2D eigenvalue weighted by Crippen LogP contribution is -2.12. The molecule has 20 heavy (non-hydrogen) atoms. The number of nitrogens with one attached hydrogen (secondary N) is 1. The zero-order valence-corrected chi connectivity index (χ0v) is 12.9. The van der Waals surface area contributed by atoms with E-state index in [2.05, 4.69) is 15.3 Å². The number of pyridine rings is 1. The third-order valence-corrected chi connectivity index (χ3v) is 5.61. The molecule has 2 aromatic heterocycles. The van der Waals surface area contributed by atoms with Crippen molar-refractivity contribution >= 4 is 42.1 Å². The van der Waals surface area contributed by atoms with E-state index in [1.165, 1.54) is 13.1 Å². The topological polar surface area (TPSA) is 89.0 Å². The number of halogens is 1. The molecule has 0 saturated heterocycles. The fraction of sp³-hybridized carbons (Fsp3) is 0.182. The maximum absolute atomic E-state index is 12.0. The molecule has 0 aliphatic carbocycles. The number of carbonyl (C=O) groups excluding carboxylic acids is 1. The number of hydrogen-bond acceptors (Lipinski definition) is 6. The molecule has 1 amide bonds. The molecule has 0 aromatic carbocycles. The SMILES string of the molecule is Cc1cc(C(=O)Nc2nc(C)c(S(=O)(=O)Cl)s2)ccn1. The van der Waals surface area contributed by atoms with Crippen molar-refractivity contribution in [2.24, 2.45) is 0 Å². The lowest BCUT2D eigenvalue weighted by atomic mass is 10.2. The van der Waals surface area contributed by atoms with E-state index >= 15 is 0 Å². The summed E-state index contributed by atoms with van der Waals surface area (Å²) in [4.78, 5) is 19.9. The van der Waals surface area contributed by atoms with Crippen LogP contribution in [-0.4, -0.2) is 24.3 Å². The van der Waals surface area contributed by atoms with Crippen molar-refractivity contribution < 1.29 is 13.2 Å². The van der Waals surface area contributed by atoms with Crippen LogP contribution in [0.4, 0.5) is 5.13 Å². The molecule has 106 valence electrons. The average molecular weight is 332 g/mol. The fourth-order valence-electron chi connectivity index (χ4n) is 1.52. The van der Waals surface area contributed by atoms with Crippen molar-refractivity contribution in [3.05, 3.63) is 35.3 Å². The summed E-state index contributed by atoms with van der Waals surface area (Å²) in [5, 5.41) is 2.72. The minimum absolute atomic E-state index is 0.0691. The third kappa shape index (κ3) is 3.33. The maximum Gasteiger partial charge on any atom is 0.272 e. The highest BCUT2D eigenvalue weighted by Gasteiger charge is 2.20. The van der Waals surface area contributed by atoms with Crippen LogP contribution >= 0.6 is 22.0 Å². The van der Waals surface area contributed by atoms with Crippen LogP contribution in [0, 0.1) is 13.8 Å². The highest BCUT2D eigenvalue weighted by Crippen LogP contribution is 2.29. The van der Waals surface area contributed by atoms with Gasteiger partial charge in [-0.15, -0.1) is 0 Å². The summed E-state index contributed by atoms with van der Waals surface area (Å²) in [7, 11) is 1.42. The summed E-state index contributed by atoms with van der Waals surface area (Å²) in [6.45, 7) is 3.28. The zero-order chi connectivity index (χ0) is 14.9. The lowest BCUT2D eigenvalue weighted by Gasteiger charge is -2.01. The first-order valence-electron chi connectivity index (χ1n) is 5.43. The second kappa shape index (κ2) is 5.47. The molecule has 0 aliphatic rings. The van der Waals surface area contributed by atoms with Gasteiger partial charge < -0.3 is 0 Å². The summed E-state index contributed by atoms with van der Waals surface area (Å²) in [6.07, 6.45) is 1.52. The predicted molar refractivity (Wildman–Crippen MR) is 76.8 cm³/mol. The number of rotatable bonds is 3. The maximum atomic E-state index is 12.0. The van der Waals surface area contributed by atoms with Crippen molar-refractivity contribution in [2.75, 3.05) is 5.32 Å². The van der Waals surface area contributed by atoms with Crippen LogP contribution in [-0.2, 0) is 9.05 Å². The second-order valence-corrected chi connectivity index (χ2v) is 7.73. The molecule has 0 fully saturated rings. The summed E-state index contributed by atoms with van der Waals surface area (Å²) < 4.78 is 22.5. The fourth-order valence-corrected chi connectivity index (χ4v) is 3.87. The van der Waals surface area contributed by atoms with E-state index in [0.717, 1.165) is 11.3 Å². The van der Waals surface area contributed by atoms with Gasteiger partial charge in [-0.2, -0.15) is 0 Å². The first-order chi connectivity index (χ1) is 9.27. The molecular weight excluding hydrogens is 322 g/mol. The minimum atomic E-state index is -3.85. The van der Waals surface area contributed by atoms with Crippen LogP contribution in [0.3, 0.4) is 0 Å². The molecule has 0 radical (unpaired) electrons. The summed E-state index contributed by atoms with van der Waals surface area (Å²) in [5.41, 5.74) is 1.38. The first kappa shape index (κ1) is 14.9. The molecular formula is C11H10ClN3O3S2. The molecule has 2 rings (SSSR count). The largest absolute Gasteiger partial charge is 0.298 e.